The van der Waals surface area contributed by atoms with Crippen molar-refractivity contribution < 1.29 is 14.3 Å². The van der Waals surface area contributed by atoms with Crippen LogP contribution in [0.1, 0.15) is 29.2 Å². The molecule has 0 bridgehead atoms. The normalized spacial score (nSPS) is 11.5. The molecule has 0 saturated heterocycles. The Morgan fingerprint density at radius 3 is 2.26 bits per heavy atom. The first-order valence-electron chi connectivity index (χ1n) is 11.4. The Balaban J connectivity index is 1.90. The Hall–Kier alpha value is -3.12. The summed E-state index contributed by atoms with van der Waals surface area (Å²) in [6, 6.07) is 22.7. The summed E-state index contributed by atoms with van der Waals surface area (Å²) in [5.74, 6) is 0.221. The first-order chi connectivity index (χ1) is 16.4. The van der Waals surface area contributed by atoms with Crippen molar-refractivity contribution in [1.29, 1.82) is 0 Å². The molecule has 3 aromatic carbocycles. The Kier molecular flexibility index (Phi) is 9.28. The lowest BCUT2D eigenvalue weighted by atomic mass is 10.0. The number of hydrogen-bond acceptors (Lipinski definition) is 3. The average Bonchev–Trinajstić information content (AvgIpc) is 2.80. The van der Waals surface area contributed by atoms with Crippen LogP contribution in [0.25, 0.3) is 0 Å². The van der Waals surface area contributed by atoms with Crippen LogP contribution in [-0.4, -0.2) is 35.9 Å². The molecule has 0 spiro atoms. The third-order valence-corrected chi connectivity index (χ3v) is 5.91. The molecule has 0 radical (unpaired) electrons. The van der Waals surface area contributed by atoms with Crippen LogP contribution in [0.2, 0.25) is 0 Å². The minimum absolute atomic E-state index is 0.151. The molecule has 2 amide bonds. The van der Waals surface area contributed by atoms with Crippen molar-refractivity contribution in [2.75, 3.05) is 13.2 Å². The highest BCUT2D eigenvalue weighted by Crippen LogP contribution is 2.20. The number of nitrogens with zero attached hydrogens (tertiary/aromatic N) is 1. The Morgan fingerprint density at radius 1 is 0.941 bits per heavy atom. The topological polar surface area (TPSA) is 58.6 Å². The van der Waals surface area contributed by atoms with Gasteiger partial charge in [-0.05, 0) is 67.3 Å². The van der Waals surface area contributed by atoms with Gasteiger partial charge in [0.1, 0.15) is 11.8 Å². The van der Waals surface area contributed by atoms with Crippen molar-refractivity contribution in [3.05, 3.63) is 99.5 Å². The van der Waals surface area contributed by atoms with Gasteiger partial charge >= 0.3 is 0 Å². The molecule has 0 heterocycles. The maximum atomic E-state index is 13.5. The van der Waals surface area contributed by atoms with Gasteiger partial charge in [-0.3, -0.25) is 9.59 Å². The molecule has 1 N–H and O–H groups in total. The largest absolute Gasteiger partial charge is 0.484 e. The van der Waals surface area contributed by atoms with Crippen LogP contribution in [0.3, 0.4) is 0 Å². The second-order valence-corrected chi connectivity index (χ2v) is 9.28. The summed E-state index contributed by atoms with van der Waals surface area (Å²) in [4.78, 5) is 28.3. The number of carbonyl (C=O) groups excluding carboxylic acids is 2. The molecular formula is C28H31BrN2O3. The number of amides is 2. The van der Waals surface area contributed by atoms with E-state index in [2.05, 4.69) is 27.3 Å². The van der Waals surface area contributed by atoms with Crippen molar-refractivity contribution in [1.82, 2.24) is 10.2 Å². The van der Waals surface area contributed by atoms with Crippen molar-refractivity contribution in [3.8, 4) is 5.75 Å². The Bertz CT molecular complexity index is 1100. The lowest BCUT2D eigenvalue weighted by molar-refractivity contribution is -0.142. The van der Waals surface area contributed by atoms with Crippen LogP contribution >= 0.6 is 15.9 Å². The van der Waals surface area contributed by atoms with Gasteiger partial charge in [-0.25, -0.2) is 0 Å². The van der Waals surface area contributed by atoms with Crippen molar-refractivity contribution in [3.63, 3.8) is 0 Å². The van der Waals surface area contributed by atoms with E-state index >= 15 is 0 Å². The lowest BCUT2D eigenvalue weighted by Crippen LogP contribution is -2.51. The van der Waals surface area contributed by atoms with Crippen LogP contribution in [0.4, 0.5) is 0 Å². The Labute approximate surface area is 210 Å². The van der Waals surface area contributed by atoms with Gasteiger partial charge < -0.3 is 15.0 Å². The molecular weight excluding hydrogens is 492 g/mol. The van der Waals surface area contributed by atoms with Crippen LogP contribution in [0.5, 0.6) is 5.75 Å². The fourth-order valence-corrected chi connectivity index (χ4v) is 4.37. The molecule has 1 atom stereocenters. The predicted molar refractivity (Wildman–Crippen MR) is 139 cm³/mol. The molecule has 6 heteroatoms. The van der Waals surface area contributed by atoms with Crippen LogP contribution in [0, 0.1) is 13.8 Å². The van der Waals surface area contributed by atoms with Gasteiger partial charge in [-0.2, -0.15) is 0 Å². The molecule has 178 valence electrons. The van der Waals surface area contributed by atoms with Gasteiger partial charge in [0.05, 0.1) is 0 Å². The second-order valence-electron chi connectivity index (χ2n) is 8.36. The first kappa shape index (κ1) is 25.5. The van der Waals surface area contributed by atoms with E-state index in [0.717, 1.165) is 26.7 Å². The van der Waals surface area contributed by atoms with Crippen LogP contribution in [0.15, 0.2) is 77.3 Å². The Morgan fingerprint density at radius 2 is 1.62 bits per heavy atom. The number of rotatable bonds is 10. The molecule has 0 aliphatic heterocycles. The number of ether oxygens (including phenoxy) is 1. The van der Waals surface area contributed by atoms with E-state index in [4.69, 9.17) is 4.74 Å². The first-order valence-corrected chi connectivity index (χ1v) is 12.2. The van der Waals surface area contributed by atoms with Crippen molar-refractivity contribution in [2.45, 2.75) is 39.8 Å². The van der Waals surface area contributed by atoms with Crippen LogP contribution < -0.4 is 10.1 Å². The highest BCUT2D eigenvalue weighted by molar-refractivity contribution is 9.10. The number of hydrogen-bond donors (Lipinski definition) is 1. The predicted octanol–water partition coefficient (Wildman–Crippen LogP) is 5.22. The number of benzene rings is 3. The zero-order valence-electron chi connectivity index (χ0n) is 19.9. The maximum absolute atomic E-state index is 13.5. The van der Waals surface area contributed by atoms with Crippen molar-refractivity contribution >= 4 is 27.7 Å². The molecule has 0 aromatic heterocycles. The van der Waals surface area contributed by atoms with Crippen LogP contribution in [-0.2, 0) is 22.6 Å². The second kappa shape index (κ2) is 12.4. The average molecular weight is 523 g/mol. The zero-order valence-corrected chi connectivity index (χ0v) is 21.5. The van der Waals surface area contributed by atoms with E-state index in [0.29, 0.717) is 25.3 Å². The van der Waals surface area contributed by atoms with E-state index in [-0.39, 0.29) is 18.4 Å². The van der Waals surface area contributed by atoms with Gasteiger partial charge in [-0.1, -0.05) is 64.5 Å². The third-order valence-electron chi connectivity index (χ3n) is 5.42. The summed E-state index contributed by atoms with van der Waals surface area (Å²) in [6.07, 6.45) is 0.413. The summed E-state index contributed by atoms with van der Waals surface area (Å²) in [6.45, 7) is 6.49. The van der Waals surface area contributed by atoms with E-state index in [1.54, 1.807) is 4.90 Å². The maximum Gasteiger partial charge on any atom is 0.261 e. The van der Waals surface area contributed by atoms with Gasteiger partial charge in [0.2, 0.25) is 5.91 Å². The third kappa shape index (κ3) is 7.45. The molecule has 0 saturated carbocycles. The SMILES string of the molecule is CCNC(=O)C(Cc1ccccc1)N(Cc1cccc(Br)c1)C(=O)COc1cc(C)cc(C)c1. The molecule has 5 nitrogen and oxygen atoms in total. The highest BCUT2D eigenvalue weighted by Gasteiger charge is 2.30. The van der Waals surface area contributed by atoms with Gasteiger partial charge in [-0.15, -0.1) is 0 Å². The number of halogens is 1. The molecule has 3 rings (SSSR count). The summed E-state index contributed by atoms with van der Waals surface area (Å²) in [5.41, 5.74) is 4.05. The molecule has 1 unspecified atom stereocenters. The number of aryl methyl sites for hydroxylation is 2. The molecule has 34 heavy (non-hydrogen) atoms. The molecule has 3 aromatic rings. The van der Waals surface area contributed by atoms with E-state index in [1.165, 1.54) is 0 Å². The fraction of sp³-hybridized carbons (Fsp3) is 0.286. The molecule has 0 aliphatic rings. The number of likely N-dealkylation sites (N-methyl/N-ethyl adjacent to an activating group) is 1. The van der Waals surface area contributed by atoms with E-state index in [9.17, 15) is 9.59 Å². The summed E-state index contributed by atoms with van der Waals surface area (Å²) in [5, 5.41) is 2.90. The van der Waals surface area contributed by atoms with E-state index in [1.807, 2.05) is 87.5 Å². The summed E-state index contributed by atoms with van der Waals surface area (Å²) in [7, 11) is 0. The standard InChI is InChI=1S/C28H31BrN2O3/c1-4-30-28(33)26(17-22-9-6-5-7-10-22)31(18-23-11-8-12-24(29)16-23)27(32)19-34-25-14-20(2)13-21(3)15-25/h5-16,26H,4,17-19H2,1-3H3,(H,30,33). The highest BCUT2D eigenvalue weighted by atomic mass is 79.9. The minimum Gasteiger partial charge on any atom is -0.484 e. The van der Waals surface area contributed by atoms with Gasteiger partial charge in [0, 0.05) is 24.0 Å². The van der Waals surface area contributed by atoms with Crippen molar-refractivity contribution in [2.24, 2.45) is 0 Å². The quantitative estimate of drug-likeness (QED) is 0.397. The zero-order chi connectivity index (χ0) is 24.5. The summed E-state index contributed by atoms with van der Waals surface area (Å²) < 4.78 is 6.80. The monoisotopic (exact) mass is 522 g/mol. The van der Waals surface area contributed by atoms with Gasteiger partial charge in [0.15, 0.2) is 6.61 Å². The molecule has 0 aliphatic carbocycles. The molecule has 0 fully saturated rings. The summed E-state index contributed by atoms with van der Waals surface area (Å²) >= 11 is 3.50. The number of carbonyl (C=O) groups is 2. The van der Waals surface area contributed by atoms with Gasteiger partial charge in [0.25, 0.3) is 5.91 Å². The number of nitrogens with one attached hydrogen (secondary N) is 1. The minimum atomic E-state index is -0.670. The lowest BCUT2D eigenvalue weighted by Gasteiger charge is -2.31. The fourth-order valence-electron chi connectivity index (χ4n) is 3.92. The smallest absolute Gasteiger partial charge is 0.261 e. The van der Waals surface area contributed by atoms with E-state index < -0.39 is 6.04 Å².